The summed E-state index contributed by atoms with van der Waals surface area (Å²) in [5.74, 6) is 2.04. The molecular formula is C22H35IN4O3S. The maximum Gasteiger partial charge on any atom is 0.211 e. The van der Waals surface area contributed by atoms with E-state index in [2.05, 4.69) is 35.8 Å². The van der Waals surface area contributed by atoms with Gasteiger partial charge in [0.25, 0.3) is 0 Å². The van der Waals surface area contributed by atoms with Crippen LogP contribution in [0, 0.1) is 5.92 Å². The minimum Gasteiger partial charge on any atom is -0.487 e. The summed E-state index contributed by atoms with van der Waals surface area (Å²) in [6, 6.07) is 8.47. The first-order valence-corrected chi connectivity index (χ1v) is 13.0. The van der Waals surface area contributed by atoms with Crippen LogP contribution in [-0.2, 0) is 10.0 Å². The zero-order chi connectivity index (χ0) is 21.2. The van der Waals surface area contributed by atoms with Gasteiger partial charge in [0.05, 0.1) is 12.3 Å². The fraction of sp³-hybridized carbons (Fsp3) is 0.682. The minimum atomic E-state index is -3.11. The molecule has 0 radical (unpaired) electrons. The summed E-state index contributed by atoms with van der Waals surface area (Å²) in [5.41, 5.74) is 1.12. The third-order valence-electron chi connectivity index (χ3n) is 6.59. The first-order valence-electron chi connectivity index (χ1n) is 11.2. The Morgan fingerprint density at radius 3 is 2.71 bits per heavy atom. The fourth-order valence-corrected chi connectivity index (χ4v) is 5.94. The molecule has 4 rings (SSSR count). The fourth-order valence-electron chi connectivity index (χ4n) is 5.03. The second kappa shape index (κ2) is 10.2. The van der Waals surface area contributed by atoms with Gasteiger partial charge in [-0.3, -0.25) is 4.99 Å². The van der Waals surface area contributed by atoms with E-state index in [1.54, 1.807) is 4.31 Å². The van der Waals surface area contributed by atoms with Crippen molar-refractivity contribution in [1.82, 2.24) is 14.9 Å². The smallest absolute Gasteiger partial charge is 0.211 e. The van der Waals surface area contributed by atoms with Crippen LogP contribution in [0.4, 0.5) is 0 Å². The van der Waals surface area contributed by atoms with Crippen molar-refractivity contribution >= 4 is 40.0 Å². The number of ether oxygens (including phenoxy) is 1. The van der Waals surface area contributed by atoms with Crippen LogP contribution >= 0.6 is 24.0 Å². The van der Waals surface area contributed by atoms with Crippen LogP contribution in [0.1, 0.15) is 57.1 Å². The van der Waals surface area contributed by atoms with E-state index >= 15 is 0 Å². The highest BCUT2D eigenvalue weighted by Crippen LogP contribution is 2.46. The molecule has 1 aromatic rings. The molecule has 9 heteroatoms. The number of guanidine groups is 1. The molecule has 2 atom stereocenters. The van der Waals surface area contributed by atoms with Crippen LogP contribution in [0.3, 0.4) is 0 Å². The Bertz CT molecular complexity index is 886. The van der Waals surface area contributed by atoms with Gasteiger partial charge >= 0.3 is 0 Å². The van der Waals surface area contributed by atoms with E-state index in [0.717, 1.165) is 43.9 Å². The molecule has 2 fully saturated rings. The number of nitrogens with one attached hydrogen (secondary N) is 2. The van der Waals surface area contributed by atoms with Gasteiger partial charge in [-0.15, -0.1) is 24.0 Å². The van der Waals surface area contributed by atoms with Crippen molar-refractivity contribution in [2.45, 2.75) is 57.1 Å². The standard InChI is InChI=1S/C22H34N4O3S.HI/c1-3-23-21(24-15-17-10-13-26(16-17)30(2,27)28)25-19-14-22(11-6-7-12-22)29-20-9-5-4-8-18(19)20;/h4-5,8-9,17,19H,3,6-7,10-16H2,1-2H3,(H2,23,24,25);1H. The topological polar surface area (TPSA) is 83.0 Å². The molecule has 0 amide bonds. The Morgan fingerprint density at radius 1 is 1.29 bits per heavy atom. The molecule has 3 aliphatic rings. The van der Waals surface area contributed by atoms with E-state index in [1.165, 1.54) is 24.7 Å². The van der Waals surface area contributed by atoms with Crippen LogP contribution < -0.4 is 15.4 Å². The number of sulfonamides is 1. The molecule has 174 valence electrons. The van der Waals surface area contributed by atoms with Gasteiger partial charge in [0.1, 0.15) is 11.4 Å². The summed E-state index contributed by atoms with van der Waals surface area (Å²) in [7, 11) is -3.11. The lowest BCUT2D eigenvalue weighted by Gasteiger charge is -2.40. The number of para-hydroxylation sites is 1. The van der Waals surface area contributed by atoms with Crippen molar-refractivity contribution in [1.29, 1.82) is 0 Å². The molecular weight excluding hydrogens is 527 g/mol. The van der Waals surface area contributed by atoms with Crippen molar-refractivity contribution in [3.05, 3.63) is 29.8 Å². The Kier molecular flexibility index (Phi) is 8.12. The van der Waals surface area contributed by atoms with E-state index in [0.29, 0.717) is 19.6 Å². The summed E-state index contributed by atoms with van der Waals surface area (Å²) in [6.07, 6.45) is 7.75. The maximum atomic E-state index is 11.8. The molecule has 1 saturated carbocycles. The number of aliphatic imine (C=N–C) groups is 1. The minimum absolute atomic E-state index is 0. The van der Waals surface area contributed by atoms with Crippen molar-refractivity contribution in [2.75, 3.05) is 32.4 Å². The molecule has 2 heterocycles. The maximum absolute atomic E-state index is 11.8. The number of benzene rings is 1. The highest BCUT2D eigenvalue weighted by molar-refractivity contribution is 14.0. The van der Waals surface area contributed by atoms with Gasteiger partial charge in [-0.05, 0) is 51.0 Å². The Morgan fingerprint density at radius 2 is 2.03 bits per heavy atom. The second-order valence-corrected chi connectivity index (χ2v) is 10.9. The van der Waals surface area contributed by atoms with E-state index in [1.807, 2.05) is 6.07 Å². The number of rotatable bonds is 5. The molecule has 1 spiro atoms. The highest BCUT2D eigenvalue weighted by atomic mass is 127. The van der Waals surface area contributed by atoms with Crippen molar-refractivity contribution in [3.63, 3.8) is 0 Å². The number of hydrogen-bond acceptors (Lipinski definition) is 4. The highest BCUT2D eigenvalue weighted by Gasteiger charge is 2.43. The van der Waals surface area contributed by atoms with E-state index in [-0.39, 0.29) is 41.5 Å². The first-order chi connectivity index (χ1) is 14.4. The lowest BCUT2D eigenvalue weighted by atomic mass is 9.86. The van der Waals surface area contributed by atoms with Crippen molar-refractivity contribution < 1.29 is 13.2 Å². The van der Waals surface area contributed by atoms with Gasteiger partial charge in [-0.1, -0.05) is 18.2 Å². The number of halogens is 1. The van der Waals surface area contributed by atoms with Crippen LogP contribution in [0.25, 0.3) is 0 Å². The molecule has 2 N–H and O–H groups in total. The van der Waals surface area contributed by atoms with Crippen molar-refractivity contribution in [3.8, 4) is 5.75 Å². The molecule has 1 aliphatic carbocycles. The lowest BCUT2D eigenvalue weighted by molar-refractivity contribution is 0.0396. The normalized spacial score (nSPS) is 25.5. The summed E-state index contributed by atoms with van der Waals surface area (Å²) >= 11 is 0. The van der Waals surface area contributed by atoms with Crippen molar-refractivity contribution in [2.24, 2.45) is 10.9 Å². The van der Waals surface area contributed by atoms with Gasteiger partial charge < -0.3 is 15.4 Å². The van der Waals surface area contributed by atoms with E-state index < -0.39 is 10.0 Å². The van der Waals surface area contributed by atoms with Crippen LogP contribution in [-0.4, -0.2) is 56.7 Å². The molecule has 7 nitrogen and oxygen atoms in total. The van der Waals surface area contributed by atoms with E-state index in [9.17, 15) is 8.42 Å². The molecule has 31 heavy (non-hydrogen) atoms. The van der Waals surface area contributed by atoms with Crippen LogP contribution in [0.5, 0.6) is 5.75 Å². The van der Waals surface area contributed by atoms with Gasteiger partial charge in [0.15, 0.2) is 5.96 Å². The van der Waals surface area contributed by atoms with E-state index in [4.69, 9.17) is 9.73 Å². The zero-order valence-corrected chi connectivity index (χ0v) is 21.6. The number of nitrogens with zero attached hydrogens (tertiary/aromatic N) is 2. The molecule has 1 saturated heterocycles. The molecule has 2 unspecified atom stereocenters. The predicted octanol–water partition coefficient (Wildman–Crippen LogP) is 3.28. The SMILES string of the molecule is CCNC(=NCC1CCN(S(C)(=O)=O)C1)NC1CC2(CCCC2)Oc2ccccc21.I. The quantitative estimate of drug-likeness (QED) is 0.327. The van der Waals surface area contributed by atoms with Crippen LogP contribution in [0.2, 0.25) is 0 Å². The number of fused-ring (bicyclic) bond motifs is 1. The predicted molar refractivity (Wildman–Crippen MR) is 135 cm³/mol. The lowest BCUT2D eigenvalue weighted by Crippen LogP contribution is -2.46. The van der Waals surface area contributed by atoms with Gasteiger partial charge in [-0.25, -0.2) is 12.7 Å². The largest absolute Gasteiger partial charge is 0.487 e. The molecule has 2 aliphatic heterocycles. The summed E-state index contributed by atoms with van der Waals surface area (Å²) in [5, 5.41) is 7.03. The molecule has 1 aromatic carbocycles. The van der Waals surface area contributed by atoms with Gasteiger partial charge in [0, 0.05) is 38.2 Å². The summed E-state index contributed by atoms with van der Waals surface area (Å²) < 4.78 is 31.6. The van der Waals surface area contributed by atoms with Gasteiger partial charge in [-0.2, -0.15) is 0 Å². The Hall–Kier alpha value is -1.07. The van der Waals surface area contributed by atoms with Gasteiger partial charge in [0.2, 0.25) is 10.0 Å². The first kappa shape index (κ1) is 24.6. The third-order valence-corrected chi connectivity index (χ3v) is 7.86. The summed E-state index contributed by atoms with van der Waals surface area (Å²) in [6.45, 7) is 4.62. The number of hydrogen-bond donors (Lipinski definition) is 2. The van der Waals surface area contributed by atoms with Crippen LogP contribution in [0.15, 0.2) is 29.3 Å². The molecule has 0 aromatic heterocycles. The molecule has 0 bridgehead atoms. The monoisotopic (exact) mass is 562 g/mol. The summed E-state index contributed by atoms with van der Waals surface area (Å²) in [4.78, 5) is 4.83. The average molecular weight is 563 g/mol. The Balaban J connectivity index is 0.00000272. The second-order valence-electron chi connectivity index (χ2n) is 8.93. The zero-order valence-electron chi connectivity index (χ0n) is 18.5. The average Bonchev–Trinajstić information content (AvgIpc) is 3.36. The third kappa shape index (κ3) is 5.84. The Labute approximate surface area is 203 Å².